The fourth-order valence-electron chi connectivity index (χ4n) is 2.72. The first-order valence-electron chi connectivity index (χ1n) is 8.15. The number of hydrogen-bond donors (Lipinski definition) is 1. The maximum Gasteiger partial charge on any atom is 0.341 e. The van der Waals surface area contributed by atoms with Crippen LogP contribution in [0.15, 0.2) is 28.7 Å². The second-order valence-electron chi connectivity index (χ2n) is 6.03. The number of nitrogens with zero attached hydrogens (tertiary/aromatic N) is 1. The van der Waals surface area contributed by atoms with E-state index in [4.69, 9.17) is 4.74 Å². The van der Waals surface area contributed by atoms with Crippen molar-refractivity contribution in [2.45, 2.75) is 39.0 Å². The first-order chi connectivity index (χ1) is 11.2. The van der Waals surface area contributed by atoms with E-state index < -0.39 is 0 Å². The monoisotopic (exact) mass is 376 g/mol. The van der Waals surface area contributed by atoms with Crippen molar-refractivity contribution in [2.75, 3.05) is 6.61 Å². The van der Waals surface area contributed by atoms with E-state index in [0.717, 1.165) is 40.2 Å². The number of rotatable bonds is 7. The van der Waals surface area contributed by atoms with Crippen LogP contribution in [0.1, 0.15) is 53.5 Å². The minimum absolute atomic E-state index is 0.265. The third-order valence-electron chi connectivity index (χ3n) is 4.18. The van der Waals surface area contributed by atoms with Gasteiger partial charge in [-0.05, 0) is 43.4 Å². The number of ether oxygens (including phenoxy) is 1. The van der Waals surface area contributed by atoms with Crippen molar-refractivity contribution in [1.82, 2.24) is 10.2 Å². The summed E-state index contributed by atoms with van der Waals surface area (Å²) in [6, 6.07) is 8.08. The number of carbonyl (C=O) groups is 1. The summed E-state index contributed by atoms with van der Waals surface area (Å²) >= 11 is 3.44. The molecule has 1 aromatic heterocycles. The van der Waals surface area contributed by atoms with Crippen LogP contribution in [-0.4, -0.2) is 22.8 Å². The Morgan fingerprint density at radius 3 is 2.74 bits per heavy atom. The van der Waals surface area contributed by atoms with Crippen molar-refractivity contribution in [3.63, 3.8) is 0 Å². The van der Waals surface area contributed by atoms with Crippen LogP contribution in [0.25, 0.3) is 0 Å². The SMILES string of the molecule is CCOC(=O)c1c(Cc2ccc(Br)cc2)n[nH]c1CCC1CC1. The maximum absolute atomic E-state index is 12.4. The lowest BCUT2D eigenvalue weighted by Gasteiger charge is -2.06. The van der Waals surface area contributed by atoms with Crippen LogP contribution >= 0.6 is 15.9 Å². The smallest absolute Gasteiger partial charge is 0.341 e. The van der Waals surface area contributed by atoms with Crippen molar-refractivity contribution in [2.24, 2.45) is 5.92 Å². The van der Waals surface area contributed by atoms with Crippen LogP contribution in [0.5, 0.6) is 0 Å². The minimum Gasteiger partial charge on any atom is -0.462 e. The number of H-pyrrole nitrogens is 1. The van der Waals surface area contributed by atoms with Gasteiger partial charge < -0.3 is 4.74 Å². The number of aryl methyl sites for hydroxylation is 1. The van der Waals surface area contributed by atoms with Crippen LogP contribution in [0.2, 0.25) is 0 Å². The van der Waals surface area contributed by atoms with Gasteiger partial charge in [-0.2, -0.15) is 5.10 Å². The topological polar surface area (TPSA) is 55.0 Å². The summed E-state index contributed by atoms with van der Waals surface area (Å²) in [6.45, 7) is 2.21. The molecule has 4 nitrogen and oxygen atoms in total. The van der Waals surface area contributed by atoms with Crippen molar-refractivity contribution in [3.8, 4) is 0 Å². The van der Waals surface area contributed by atoms with Gasteiger partial charge in [0.25, 0.3) is 0 Å². The van der Waals surface area contributed by atoms with Gasteiger partial charge in [0.1, 0.15) is 5.56 Å². The van der Waals surface area contributed by atoms with Crippen molar-refractivity contribution in [1.29, 1.82) is 0 Å². The molecular weight excluding hydrogens is 356 g/mol. The Morgan fingerprint density at radius 2 is 2.09 bits per heavy atom. The quantitative estimate of drug-likeness (QED) is 0.733. The average molecular weight is 377 g/mol. The summed E-state index contributed by atoms with van der Waals surface area (Å²) in [5, 5.41) is 7.47. The predicted octanol–water partition coefficient (Wildman–Crippen LogP) is 4.28. The molecule has 0 aliphatic heterocycles. The summed E-state index contributed by atoms with van der Waals surface area (Å²) in [6.07, 6.45) is 5.24. The zero-order valence-electron chi connectivity index (χ0n) is 13.3. The second kappa shape index (κ2) is 7.30. The van der Waals surface area contributed by atoms with Crippen molar-refractivity contribution in [3.05, 3.63) is 51.3 Å². The standard InChI is InChI=1S/C18H21BrN2O2/c1-2-23-18(22)17-15(10-7-12-3-4-12)20-21-16(17)11-13-5-8-14(19)9-6-13/h5-6,8-9,12H,2-4,7,10-11H2,1H3,(H,20,21). The molecule has 0 unspecified atom stereocenters. The molecule has 2 aromatic rings. The molecular formula is C18H21BrN2O2. The Hall–Kier alpha value is -1.62. The predicted molar refractivity (Wildman–Crippen MR) is 92.5 cm³/mol. The van der Waals surface area contributed by atoms with Crippen molar-refractivity contribution >= 4 is 21.9 Å². The third kappa shape index (κ3) is 4.22. The highest BCUT2D eigenvalue weighted by atomic mass is 79.9. The van der Waals surface area contributed by atoms with Crippen LogP contribution in [0.3, 0.4) is 0 Å². The zero-order chi connectivity index (χ0) is 16.2. The highest BCUT2D eigenvalue weighted by Crippen LogP contribution is 2.34. The largest absolute Gasteiger partial charge is 0.462 e. The molecule has 0 saturated heterocycles. The molecule has 0 spiro atoms. The number of aromatic nitrogens is 2. The van der Waals surface area contributed by atoms with Crippen LogP contribution in [0.4, 0.5) is 0 Å². The molecule has 1 fully saturated rings. The summed E-state index contributed by atoms with van der Waals surface area (Å²) in [4.78, 5) is 12.4. The number of hydrogen-bond acceptors (Lipinski definition) is 3. The Labute approximate surface area is 144 Å². The summed E-state index contributed by atoms with van der Waals surface area (Å²) in [5.74, 6) is 0.558. The summed E-state index contributed by atoms with van der Waals surface area (Å²) in [7, 11) is 0. The van der Waals surface area contributed by atoms with Crippen LogP contribution < -0.4 is 0 Å². The summed E-state index contributed by atoms with van der Waals surface area (Å²) in [5.41, 5.74) is 3.45. The fourth-order valence-corrected chi connectivity index (χ4v) is 2.99. The molecule has 1 heterocycles. The van der Waals surface area contributed by atoms with Gasteiger partial charge in [0.15, 0.2) is 0 Å². The average Bonchev–Trinajstić information content (AvgIpc) is 3.28. The van der Waals surface area contributed by atoms with Gasteiger partial charge in [-0.1, -0.05) is 40.9 Å². The van der Waals surface area contributed by atoms with E-state index in [1.165, 1.54) is 12.8 Å². The molecule has 0 amide bonds. The molecule has 0 atom stereocenters. The molecule has 1 aliphatic rings. The molecule has 1 N–H and O–H groups in total. The van der Waals surface area contributed by atoms with Gasteiger partial charge in [-0.25, -0.2) is 4.79 Å². The number of benzene rings is 1. The normalized spacial score (nSPS) is 14.0. The van der Waals surface area contributed by atoms with Gasteiger partial charge in [-0.3, -0.25) is 5.10 Å². The molecule has 1 aliphatic carbocycles. The first-order valence-corrected chi connectivity index (χ1v) is 8.94. The van der Waals surface area contributed by atoms with E-state index in [2.05, 4.69) is 26.1 Å². The number of aromatic amines is 1. The highest BCUT2D eigenvalue weighted by Gasteiger charge is 2.25. The lowest BCUT2D eigenvalue weighted by Crippen LogP contribution is -2.10. The highest BCUT2D eigenvalue weighted by molar-refractivity contribution is 9.10. The van der Waals surface area contributed by atoms with E-state index in [1.54, 1.807) is 0 Å². The number of carbonyl (C=O) groups excluding carboxylic acids is 1. The Bertz CT molecular complexity index is 675. The van der Waals surface area contributed by atoms with Gasteiger partial charge in [-0.15, -0.1) is 0 Å². The lowest BCUT2D eigenvalue weighted by molar-refractivity contribution is 0.0524. The van der Waals surface area contributed by atoms with Crippen LogP contribution in [0, 0.1) is 5.92 Å². The molecule has 122 valence electrons. The molecule has 1 aromatic carbocycles. The van der Waals surface area contributed by atoms with E-state index in [1.807, 2.05) is 31.2 Å². The number of halogens is 1. The Kier molecular flexibility index (Phi) is 5.16. The molecule has 0 bridgehead atoms. The van der Waals surface area contributed by atoms with Gasteiger partial charge in [0.2, 0.25) is 0 Å². The van der Waals surface area contributed by atoms with Gasteiger partial charge in [0.05, 0.1) is 18.0 Å². The van der Waals surface area contributed by atoms with E-state index in [0.29, 0.717) is 18.6 Å². The van der Waals surface area contributed by atoms with E-state index in [-0.39, 0.29) is 5.97 Å². The Balaban J connectivity index is 1.82. The second-order valence-corrected chi connectivity index (χ2v) is 6.95. The minimum atomic E-state index is -0.265. The van der Waals surface area contributed by atoms with E-state index >= 15 is 0 Å². The van der Waals surface area contributed by atoms with E-state index in [9.17, 15) is 4.79 Å². The third-order valence-corrected chi connectivity index (χ3v) is 4.71. The first kappa shape index (κ1) is 16.2. The lowest BCUT2D eigenvalue weighted by atomic mass is 10.0. The molecule has 23 heavy (non-hydrogen) atoms. The number of esters is 1. The molecule has 0 radical (unpaired) electrons. The van der Waals surface area contributed by atoms with Gasteiger partial charge >= 0.3 is 5.97 Å². The van der Waals surface area contributed by atoms with Crippen LogP contribution in [-0.2, 0) is 17.6 Å². The Morgan fingerprint density at radius 1 is 1.35 bits per heavy atom. The number of nitrogens with one attached hydrogen (secondary N) is 1. The van der Waals surface area contributed by atoms with Gasteiger partial charge in [0, 0.05) is 10.9 Å². The molecule has 1 saturated carbocycles. The molecule has 5 heteroatoms. The fraction of sp³-hybridized carbons (Fsp3) is 0.444. The summed E-state index contributed by atoms with van der Waals surface area (Å²) < 4.78 is 6.28. The maximum atomic E-state index is 12.4. The van der Waals surface area contributed by atoms with Crippen molar-refractivity contribution < 1.29 is 9.53 Å². The molecule has 3 rings (SSSR count). The zero-order valence-corrected chi connectivity index (χ0v) is 14.9.